The second-order valence-electron chi connectivity index (χ2n) is 5.21. The molecule has 0 amide bonds. The summed E-state index contributed by atoms with van der Waals surface area (Å²) in [6, 6.07) is 11.5. The van der Waals surface area contributed by atoms with Crippen molar-refractivity contribution in [3.8, 4) is 0 Å². The summed E-state index contributed by atoms with van der Waals surface area (Å²) in [6.07, 6.45) is 2.34. The number of ether oxygens (including phenoxy) is 1. The molecule has 102 valence electrons. The van der Waals surface area contributed by atoms with Gasteiger partial charge in [-0.05, 0) is 31.5 Å². The lowest BCUT2D eigenvalue weighted by atomic mass is 9.99. The van der Waals surface area contributed by atoms with E-state index >= 15 is 0 Å². The first-order valence-electron chi connectivity index (χ1n) is 7.00. The van der Waals surface area contributed by atoms with Gasteiger partial charge in [-0.2, -0.15) is 0 Å². The first-order valence-corrected chi connectivity index (χ1v) is 7.47. The quantitative estimate of drug-likeness (QED) is 0.855. The molecule has 0 spiro atoms. The molecule has 1 aromatic carbocycles. The van der Waals surface area contributed by atoms with Crippen LogP contribution < -0.4 is 5.32 Å². The van der Waals surface area contributed by atoms with Gasteiger partial charge < -0.3 is 10.1 Å². The highest BCUT2D eigenvalue weighted by atomic mass is 32.1. The van der Waals surface area contributed by atoms with Gasteiger partial charge >= 0.3 is 0 Å². The number of hydrogen-bond acceptors (Lipinski definition) is 4. The summed E-state index contributed by atoms with van der Waals surface area (Å²) in [4.78, 5) is 2.48. The smallest absolute Gasteiger partial charge is 0.140 e. The fourth-order valence-electron chi connectivity index (χ4n) is 3.16. The summed E-state index contributed by atoms with van der Waals surface area (Å²) in [5.41, 5.74) is 1.33. The van der Waals surface area contributed by atoms with Crippen molar-refractivity contribution in [2.45, 2.75) is 31.2 Å². The van der Waals surface area contributed by atoms with Gasteiger partial charge in [0.2, 0.25) is 0 Å². The highest BCUT2D eigenvalue weighted by Gasteiger charge is 2.38. The second kappa shape index (κ2) is 6.09. The van der Waals surface area contributed by atoms with Gasteiger partial charge in [0.05, 0.1) is 12.6 Å². The van der Waals surface area contributed by atoms with Crippen molar-refractivity contribution in [1.29, 1.82) is 0 Å². The molecule has 1 N–H and O–H groups in total. The number of nitrogens with zero attached hydrogens (tertiary/aromatic N) is 1. The Hall–Kier alpha value is -0.810. The van der Waals surface area contributed by atoms with Crippen molar-refractivity contribution in [3.63, 3.8) is 0 Å². The fourth-order valence-corrected chi connectivity index (χ4v) is 3.38. The van der Waals surface area contributed by atoms with E-state index in [1.807, 2.05) is 0 Å². The van der Waals surface area contributed by atoms with Crippen molar-refractivity contribution in [2.24, 2.45) is 0 Å². The molecule has 0 aromatic heterocycles. The standard InChI is InChI=1S/C15H20N2OS/c19-11-15-17(13-6-8-16-9-7-13)14(10-18-15)12-4-2-1-3-5-12/h1-5,11,13-16H,6-10H2/t14-,15?/m0/s1. The van der Waals surface area contributed by atoms with Crippen LogP contribution in [0, 0.1) is 0 Å². The van der Waals surface area contributed by atoms with Crippen molar-refractivity contribution >= 4 is 17.6 Å². The zero-order valence-corrected chi connectivity index (χ0v) is 11.8. The molecule has 19 heavy (non-hydrogen) atoms. The molecule has 0 saturated carbocycles. The molecule has 1 unspecified atom stereocenters. The molecular formula is C15H20N2OS. The molecule has 3 nitrogen and oxygen atoms in total. The van der Waals surface area contributed by atoms with Crippen LogP contribution in [0.3, 0.4) is 0 Å². The van der Waals surface area contributed by atoms with E-state index < -0.39 is 0 Å². The largest absolute Gasteiger partial charge is 0.357 e. The Bertz CT molecular complexity index is 419. The minimum Gasteiger partial charge on any atom is -0.357 e. The zero-order valence-electron chi connectivity index (χ0n) is 11.0. The van der Waals surface area contributed by atoms with E-state index in [4.69, 9.17) is 17.0 Å². The molecule has 2 heterocycles. The molecule has 3 rings (SSSR count). The lowest BCUT2D eigenvalue weighted by Gasteiger charge is -2.37. The van der Waals surface area contributed by atoms with Crippen LogP contribution in [0.2, 0.25) is 0 Å². The summed E-state index contributed by atoms with van der Waals surface area (Å²) in [5.74, 6) is 0. The van der Waals surface area contributed by atoms with Crippen LogP contribution >= 0.6 is 12.2 Å². The van der Waals surface area contributed by atoms with E-state index in [0.717, 1.165) is 19.7 Å². The Morgan fingerprint density at radius 2 is 1.95 bits per heavy atom. The van der Waals surface area contributed by atoms with Gasteiger partial charge in [0.1, 0.15) is 6.23 Å². The first-order chi connectivity index (χ1) is 9.40. The predicted octanol–water partition coefficient (Wildman–Crippen LogP) is 2.14. The van der Waals surface area contributed by atoms with E-state index in [2.05, 4.69) is 40.5 Å². The average Bonchev–Trinajstić information content (AvgIpc) is 2.93. The van der Waals surface area contributed by atoms with Crippen molar-refractivity contribution in [3.05, 3.63) is 35.9 Å². The molecule has 2 atom stereocenters. The third-order valence-electron chi connectivity index (χ3n) is 4.11. The van der Waals surface area contributed by atoms with Crippen LogP contribution in [0.4, 0.5) is 0 Å². The van der Waals surface area contributed by atoms with E-state index in [1.54, 1.807) is 5.37 Å². The Morgan fingerprint density at radius 3 is 2.63 bits per heavy atom. The van der Waals surface area contributed by atoms with Crippen LogP contribution in [-0.4, -0.2) is 42.2 Å². The number of piperidine rings is 1. The number of nitrogens with one attached hydrogen (secondary N) is 1. The van der Waals surface area contributed by atoms with Gasteiger partial charge in [-0.1, -0.05) is 42.5 Å². The Labute approximate surface area is 119 Å². The van der Waals surface area contributed by atoms with Gasteiger partial charge in [-0.25, -0.2) is 0 Å². The Morgan fingerprint density at radius 1 is 1.21 bits per heavy atom. The summed E-state index contributed by atoms with van der Waals surface area (Å²) in [6.45, 7) is 2.92. The first kappa shape index (κ1) is 13.2. The van der Waals surface area contributed by atoms with Crippen molar-refractivity contribution in [1.82, 2.24) is 10.2 Å². The lowest BCUT2D eigenvalue weighted by molar-refractivity contribution is 0.0520. The van der Waals surface area contributed by atoms with E-state index in [0.29, 0.717) is 12.1 Å². The topological polar surface area (TPSA) is 24.5 Å². The van der Waals surface area contributed by atoms with Crippen LogP contribution in [0.1, 0.15) is 24.4 Å². The molecular weight excluding hydrogens is 256 g/mol. The van der Waals surface area contributed by atoms with E-state index in [9.17, 15) is 0 Å². The minimum atomic E-state index is -0.0108. The highest BCUT2D eigenvalue weighted by molar-refractivity contribution is 7.79. The van der Waals surface area contributed by atoms with Gasteiger partial charge in [0.25, 0.3) is 0 Å². The molecule has 0 bridgehead atoms. The van der Waals surface area contributed by atoms with Crippen LogP contribution in [0.25, 0.3) is 0 Å². The highest BCUT2D eigenvalue weighted by Crippen LogP contribution is 2.34. The molecule has 4 heteroatoms. The van der Waals surface area contributed by atoms with Gasteiger partial charge in [0, 0.05) is 11.4 Å². The van der Waals surface area contributed by atoms with Crippen LogP contribution in [-0.2, 0) is 4.74 Å². The maximum atomic E-state index is 5.88. The van der Waals surface area contributed by atoms with Crippen molar-refractivity contribution < 1.29 is 4.74 Å². The molecule has 2 fully saturated rings. The minimum absolute atomic E-state index is 0.0108. The number of benzene rings is 1. The Kier molecular flexibility index (Phi) is 4.23. The third-order valence-corrected chi connectivity index (χ3v) is 4.34. The number of rotatable bonds is 3. The predicted molar refractivity (Wildman–Crippen MR) is 80.3 cm³/mol. The van der Waals surface area contributed by atoms with Gasteiger partial charge in [-0.3, -0.25) is 4.90 Å². The monoisotopic (exact) mass is 276 g/mol. The van der Waals surface area contributed by atoms with E-state index in [-0.39, 0.29) is 6.23 Å². The number of hydrogen-bond donors (Lipinski definition) is 1. The lowest BCUT2D eigenvalue weighted by Crippen LogP contribution is -2.47. The molecule has 0 radical (unpaired) electrons. The summed E-state index contributed by atoms with van der Waals surface area (Å²) < 4.78 is 5.88. The molecule has 2 saturated heterocycles. The maximum absolute atomic E-state index is 5.88. The second-order valence-corrected chi connectivity index (χ2v) is 5.49. The normalized spacial score (nSPS) is 29.5. The third kappa shape index (κ3) is 2.72. The zero-order chi connectivity index (χ0) is 13.1. The fraction of sp³-hybridized carbons (Fsp3) is 0.533. The summed E-state index contributed by atoms with van der Waals surface area (Å²) in [5, 5.41) is 5.19. The SMILES string of the molecule is S=CC1OC[C@@H](c2ccccc2)N1C1CCNCC1. The van der Waals surface area contributed by atoms with Crippen LogP contribution in [0.5, 0.6) is 0 Å². The van der Waals surface area contributed by atoms with Gasteiger partial charge in [0.15, 0.2) is 0 Å². The molecule has 1 aromatic rings. The van der Waals surface area contributed by atoms with Crippen LogP contribution in [0.15, 0.2) is 30.3 Å². The van der Waals surface area contributed by atoms with E-state index in [1.165, 1.54) is 18.4 Å². The average molecular weight is 276 g/mol. The van der Waals surface area contributed by atoms with Gasteiger partial charge in [-0.15, -0.1) is 0 Å². The van der Waals surface area contributed by atoms with Crippen molar-refractivity contribution in [2.75, 3.05) is 19.7 Å². The summed E-state index contributed by atoms with van der Waals surface area (Å²) >= 11 is 5.15. The molecule has 2 aliphatic heterocycles. The Balaban J connectivity index is 1.84. The maximum Gasteiger partial charge on any atom is 0.140 e. The molecule has 2 aliphatic rings. The number of thiocarbonyl (C=S) groups is 1. The summed E-state index contributed by atoms with van der Waals surface area (Å²) in [7, 11) is 0. The molecule has 0 aliphatic carbocycles.